The minimum Gasteiger partial charge on any atom is -0.481 e. The lowest BCUT2D eigenvalue weighted by Gasteiger charge is -2.18. The number of aliphatic hydroxyl groups excluding tert-OH is 2. The Kier molecular flexibility index (Phi) is 5.99. The van der Waals surface area contributed by atoms with E-state index in [0.717, 1.165) is 0 Å². The molecular weight excluding hydrogens is 237 g/mol. The predicted molar refractivity (Wildman–Crippen MR) is 47.6 cm³/mol. The van der Waals surface area contributed by atoms with Crippen molar-refractivity contribution in [1.29, 1.82) is 0 Å². The molecule has 0 aliphatic rings. The highest BCUT2D eigenvalue weighted by Crippen LogP contribution is 2.33. The first-order chi connectivity index (χ1) is 6.77. The molecule has 2 atom stereocenters. The van der Waals surface area contributed by atoms with Gasteiger partial charge in [0.1, 0.15) is 5.25 Å². The summed E-state index contributed by atoms with van der Waals surface area (Å²) in [6, 6.07) is 0. The second-order valence-electron chi connectivity index (χ2n) is 2.80. The van der Waals surface area contributed by atoms with Crippen LogP contribution >= 0.6 is 11.8 Å². The molecule has 0 fully saturated rings. The Labute approximate surface area is 88.1 Å². The van der Waals surface area contributed by atoms with Crippen LogP contribution in [0.5, 0.6) is 0 Å². The number of rotatable bonds is 6. The first-order valence-electron chi connectivity index (χ1n) is 3.96. The van der Waals surface area contributed by atoms with Gasteiger partial charge in [0, 0.05) is 5.75 Å². The van der Waals surface area contributed by atoms with Gasteiger partial charge in [-0.1, -0.05) is 0 Å². The highest BCUT2D eigenvalue weighted by atomic mass is 32.2. The van der Waals surface area contributed by atoms with Gasteiger partial charge in [-0.2, -0.15) is 13.2 Å². The summed E-state index contributed by atoms with van der Waals surface area (Å²) < 4.78 is 36.6. The number of halogens is 3. The van der Waals surface area contributed by atoms with Crippen molar-refractivity contribution in [2.24, 2.45) is 0 Å². The molecule has 0 spiro atoms. The van der Waals surface area contributed by atoms with Gasteiger partial charge in [-0.05, 0) is 0 Å². The maximum Gasteiger partial charge on any atom is 0.401 e. The Bertz CT molecular complexity index is 209. The van der Waals surface area contributed by atoms with Crippen LogP contribution in [-0.4, -0.2) is 51.2 Å². The summed E-state index contributed by atoms with van der Waals surface area (Å²) in [5.41, 5.74) is 0. The molecule has 0 aliphatic carbocycles. The van der Waals surface area contributed by atoms with Gasteiger partial charge in [0.05, 0.1) is 19.1 Å². The van der Waals surface area contributed by atoms with E-state index in [1.54, 1.807) is 0 Å². The van der Waals surface area contributed by atoms with Crippen molar-refractivity contribution in [3.63, 3.8) is 0 Å². The number of hydrogen-bond acceptors (Lipinski definition) is 4. The van der Waals surface area contributed by atoms with Crippen LogP contribution in [-0.2, 0) is 4.79 Å². The second kappa shape index (κ2) is 6.19. The Morgan fingerprint density at radius 2 is 1.93 bits per heavy atom. The number of carboxylic acids is 1. The molecule has 0 saturated carbocycles. The molecule has 0 bridgehead atoms. The highest BCUT2D eigenvalue weighted by Gasteiger charge is 2.41. The lowest BCUT2D eigenvalue weighted by atomic mass is 10.3. The molecule has 0 aromatic rings. The largest absolute Gasteiger partial charge is 0.481 e. The monoisotopic (exact) mass is 248 g/mol. The standard InChI is InChI=1S/C7H11F3O4S/c8-7(9,10)5(1-6(13)14)15-3-4(12)2-11/h4-5,11-12H,1-3H2,(H,13,14). The fraction of sp³-hybridized carbons (Fsp3) is 0.857. The number of thioether (sulfide) groups is 1. The van der Waals surface area contributed by atoms with E-state index in [2.05, 4.69) is 0 Å². The van der Waals surface area contributed by atoms with Crippen molar-refractivity contribution < 1.29 is 33.3 Å². The Morgan fingerprint density at radius 3 is 2.27 bits per heavy atom. The van der Waals surface area contributed by atoms with Gasteiger partial charge in [0.25, 0.3) is 0 Å². The van der Waals surface area contributed by atoms with Crippen molar-refractivity contribution in [2.45, 2.75) is 24.0 Å². The molecule has 2 unspecified atom stereocenters. The van der Waals surface area contributed by atoms with Crippen LogP contribution in [0.3, 0.4) is 0 Å². The Balaban J connectivity index is 4.20. The number of carboxylic acid groups (broad SMARTS) is 1. The molecule has 3 N–H and O–H groups in total. The molecule has 0 aromatic heterocycles. The maximum atomic E-state index is 12.2. The van der Waals surface area contributed by atoms with Crippen LogP contribution in [0.4, 0.5) is 13.2 Å². The smallest absolute Gasteiger partial charge is 0.401 e. The molecule has 0 amide bonds. The summed E-state index contributed by atoms with van der Waals surface area (Å²) in [6.07, 6.45) is -6.95. The van der Waals surface area contributed by atoms with Crippen molar-refractivity contribution in [3.05, 3.63) is 0 Å². The molecule has 8 heteroatoms. The number of aliphatic carboxylic acids is 1. The first-order valence-corrected chi connectivity index (χ1v) is 5.01. The summed E-state index contributed by atoms with van der Waals surface area (Å²) in [5.74, 6) is -1.91. The van der Waals surface area contributed by atoms with E-state index in [1.807, 2.05) is 0 Å². The third-order valence-corrected chi connectivity index (χ3v) is 2.84. The second-order valence-corrected chi connectivity index (χ2v) is 4.03. The molecule has 90 valence electrons. The molecule has 15 heavy (non-hydrogen) atoms. The molecular formula is C7H11F3O4S. The van der Waals surface area contributed by atoms with E-state index in [9.17, 15) is 18.0 Å². The number of alkyl halides is 3. The van der Waals surface area contributed by atoms with Crippen LogP contribution in [0.25, 0.3) is 0 Å². The summed E-state index contributed by atoms with van der Waals surface area (Å²) in [7, 11) is 0. The molecule has 0 aromatic carbocycles. The van der Waals surface area contributed by atoms with E-state index in [4.69, 9.17) is 15.3 Å². The predicted octanol–water partition coefficient (Wildman–Crippen LogP) is 0.478. The molecule has 0 rings (SSSR count). The van der Waals surface area contributed by atoms with Gasteiger partial charge in [0.2, 0.25) is 0 Å². The summed E-state index contributed by atoms with van der Waals surface area (Å²) in [5, 5.41) is 23.4. The van der Waals surface area contributed by atoms with Crippen molar-refractivity contribution in [3.8, 4) is 0 Å². The van der Waals surface area contributed by atoms with Crippen molar-refractivity contribution >= 4 is 17.7 Å². The Morgan fingerprint density at radius 1 is 1.40 bits per heavy atom. The van der Waals surface area contributed by atoms with E-state index in [0.29, 0.717) is 0 Å². The van der Waals surface area contributed by atoms with Crippen molar-refractivity contribution in [1.82, 2.24) is 0 Å². The molecule has 0 heterocycles. The van der Waals surface area contributed by atoms with Crippen LogP contribution in [0, 0.1) is 0 Å². The zero-order valence-electron chi connectivity index (χ0n) is 7.57. The lowest BCUT2D eigenvalue weighted by Crippen LogP contribution is -2.30. The molecule has 4 nitrogen and oxygen atoms in total. The van der Waals surface area contributed by atoms with Gasteiger partial charge >= 0.3 is 12.1 Å². The first kappa shape index (κ1) is 14.5. The van der Waals surface area contributed by atoms with E-state index < -0.39 is 36.5 Å². The maximum absolute atomic E-state index is 12.2. The van der Waals surface area contributed by atoms with Crippen LogP contribution in [0.1, 0.15) is 6.42 Å². The highest BCUT2D eigenvalue weighted by molar-refractivity contribution is 8.00. The van der Waals surface area contributed by atoms with Crippen LogP contribution < -0.4 is 0 Å². The summed E-state index contributed by atoms with van der Waals surface area (Å²) in [4.78, 5) is 10.1. The fourth-order valence-corrected chi connectivity index (χ4v) is 1.72. The SMILES string of the molecule is O=C(O)CC(SCC(O)CO)C(F)(F)F. The van der Waals surface area contributed by atoms with Crippen LogP contribution in [0.2, 0.25) is 0 Å². The Hall–Kier alpha value is -0.470. The van der Waals surface area contributed by atoms with Gasteiger partial charge in [-0.15, -0.1) is 11.8 Å². The van der Waals surface area contributed by atoms with Gasteiger partial charge < -0.3 is 15.3 Å². The van der Waals surface area contributed by atoms with E-state index in [1.165, 1.54) is 0 Å². The molecule has 0 saturated heterocycles. The van der Waals surface area contributed by atoms with Crippen LogP contribution in [0.15, 0.2) is 0 Å². The third kappa shape index (κ3) is 6.58. The minimum absolute atomic E-state index is 0.274. The zero-order chi connectivity index (χ0) is 12.1. The summed E-state index contributed by atoms with van der Waals surface area (Å²) in [6.45, 7) is -0.648. The average Bonchev–Trinajstić information content (AvgIpc) is 2.09. The van der Waals surface area contributed by atoms with E-state index >= 15 is 0 Å². The molecule has 0 aliphatic heterocycles. The molecule has 0 radical (unpaired) electrons. The third-order valence-electron chi connectivity index (χ3n) is 1.43. The van der Waals surface area contributed by atoms with Gasteiger partial charge in [0.15, 0.2) is 0 Å². The fourth-order valence-electron chi connectivity index (χ4n) is 0.708. The quantitative estimate of drug-likeness (QED) is 0.637. The normalized spacial score (nSPS) is 16.1. The van der Waals surface area contributed by atoms with E-state index in [-0.39, 0.29) is 17.5 Å². The average molecular weight is 248 g/mol. The number of hydrogen-bond donors (Lipinski definition) is 3. The minimum atomic E-state index is -4.63. The lowest BCUT2D eigenvalue weighted by molar-refractivity contribution is -0.149. The number of aliphatic hydroxyl groups is 2. The topological polar surface area (TPSA) is 77.8 Å². The van der Waals surface area contributed by atoms with Gasteiger partial charge in [-0.3, -0.25) is 4.79 Å². The van der Waals surface area contributed by atoms with Gasteiger partial charge in [-0.25, -0.2) is 0 Å². The van der Waals surface area contributed by atoms with Crippen molar-refractivity contribution in [2.75, 3.05) is 12.4 Å². The zero-order valence-corrected chi connectivity index (χ0v) is 8.38. The summed E-state index contributed by atoms with van der Waals surface area (Å²) >= 11 is 0.274. The number of carbonyl (C=O) groups is 1.